The topological polar surface area (TPSA) is 67.9 Å². The maximum atomic E-state index is 13.4. The van der Waals surface area contributed by atoms with Gasteiger partial charge in [-0.25, -0.2) is 0 Å². The second kappa shape index (κ2) is 6.92. The summed E-state index contributed by atoms with van der Waals surface area (Å²) in [5.41, 5.74) is -0.142. The SMILES string of the molecule is COc1ccc2c(c1)O[C@]1(C[C@H]3CC[C@H]1C[C@@H]3C(=O)N1CCCC[C@H]1C)NC2=O. The third kappa shape index (κ3) is 2.99. The number of rotatable bonds is 2. The Hall–Kier alpha value is -2.24. The van der Waals surface area contributed by atoms with Crippen LogP contribution < -0.4 is 14.8 Å². The van der Waals surface area contributed by atoms with Crippen molar-refractivity contribution < 1.29 is 19.1 Å². The van der Waals surface area contributed by atoms with Crippen molar-refractivity contribution in [1.29, 1.82) is 0 Å². The molecule has 4 fully saturated rings. The number of nitrogens with one attached hydrogen (secondary N) is 1. The van der Waals surface area contributed by atoms with Gasteiger partial charge >= 0.3 is 0 Å². The van der Waals surface area contributed by atoms with Crippen LogP contribution in [0.4, 0.5) is 0 Å². The van der Waals surface area contributed by atoms with Crippen molar-refractivity contribution in [3.63, 3.8) is 0 Å². The number of nitrogens with zero attached hydrogens (tertiary/aromatic N) is 1. The lowest BCUT2D eigenvalue weighted by Crippen LogP contribution is -2.67. The minimum Gasteiger partial charge on any atom is -0.497 e. The molecule has 1 saturated heterocycles. The Balaban J connectivity index is 1.38. The third-order valence-electron chi connectivity index (χ3n) is 7.67. The van der Waals surface area contributed by atoms with Gasteiger partial charge in [0.2, 0.25) is 5.91 Å². The van der Waals surface area contributed by atoms with Gasteiger partial charge in [-0.1, -0.05) is 0 Å². The minimum absolute atomic E-state index is 0.0622. The number of benzene rings is 1. The molecule has 0 unspecified atom stereocenters. The molecule has 29 heavy (non-hydrogen) atoms. The minimum atomic E-state index is -0.691. The van der Waals surface area contributed by atoms with E-state index in [1.54, 1.807) is 25.3 Å². The monoisotopic (exact) mass is 398 g/mol. The fourth-order valence-electron chi connectivity index (χ4n) is 6.06. The molecule has 2 aliphatic heterocycles. The van der Waals surface area contributed by atoms with E-state index in [4.69, 9.17) is 9.47 Å². The standard InChI is InChI=1S/C23H30N2O4/c1-14-5-3-4-10-25(14)22(27)19-11-16-7-6-15(19)13-23(16)24-21(26)18-9-8-17(28-2)12-20(18)29-23/h8-9,12,14-16,19H,3-7,10-11,13H2,1-2H3,(H,24,26)/t14-,15-,16+,19+,23+/m1/s1. The molecule has 1 aromatic rings. The number of hydrogen-bond donors (Lipinski definition) is 1. The molecule has 1 spiro atoms. The highest BCUT2D eigenvalue weighted by Gasteiger charge is 2.57. The van der Waals surface area contributed by atoms with Crippen molar-refractivity contribution >= 4 is 11.8 Å². The van der Waals surface area contributed by atoms with Crippen LogP contribution in [0.5, 0.6) is 11.5 Å². The summed E-state index contributed by atoms with van der Waals surface area (Å²) in [5, 5.41) is 3.18. The van der Waals surface area contributed by atoms with Crippen LogP contribution in [0.25, 0.3) is 0 Å². The van der Waals surface area contributed by atoms with Gasteiger partial charge in [-0.15, -0.1) is 0 Å². The van der Waals surface area contributed by atoms with Crippen LogP contribution in [0.2, 0.25) is 0 Å². The van der Waals surface area contributed by atoms with Crippen molar-refractivity contribution in [3.05, 3.63) is 23.8 Å². The highest BCUT2D eigenvalue weighted by atomic mass is 16.5. The smallest absolute Gasteiger partial charge is 0.258 e. The predicted octanol–water partition coefficient (Wildman–Crippen LogP) is 3.35. The lowest BCUT2D eigenvalue weighted by molar-refractivity contribution is -0.158. The number of carbonyl (C=O) groups is 2. The van der Waals surface area contributed by atoms with Crippen LogP contribution in [-0.2, 0) is 4.79 Å². The number of likely N-dealkylation sites (tertiary alicyclic amines) is 1. The fourth-order valence-corrected chi connectivity index (χ4v) is 6.06. The summed E-state index contributed by atoms with van der Waals surface area (Å²) < 4.78 is 11.8. The lowest BCUT2D eigenvalue weighted by atomic mass is 9.59. The molecule has 156 valence electrons. The van der Waals surface area contributed by atoms with Gasteiger partial charge in [0.1, 0.15) is 11.5 Å². The van der Waals surface area contributed by atoms with Gasteiger partial charge in [0, 0.05) is 36.9 Å². The Morgan fingerprint density at radius 3 is 2.86 bits per heavy atom. The highest BCUT2D eigenvalue weighted by molar-refractivity contribution is 5.98. The van der Waals surface area contributed by atoms with Crippen LogP contribution >= 0.6 is 0 Å². The molecule has 2 bridgehead atoms. The Kier molecular flexibility index (Phi) is 4.48. The fraction of sp³-hybridized carbons (Fsp3) is 0.652. The van der Waals surface area contributed by atoms with Gasteiger partial charge in [-0.05, 0) is 63.5 Å². The van der Waals surface area contributed by atoms with Gasteiger partial charge in [0.05, 0.1) is 12.7 Å². The van der Waals surface area contributed by atoms with Crippen molar-refractivity contribution in [2.75, 3.05) is 13.7 Å². The van der Waals surface area contributed by atoms with Crippen LogP contribution in [-0.4, -0.2) is 42.1 Å². The largest absolute Gasteiger partial charge is 0.497 e. The maximum Gasteiger partial charge on any atom is 0.258 e. The first kappa shape index (κ1) is 18.8. The van der Waals surface area contributed by atoms with Crippen molar-refractivity contribution in [2.45, 2.75) is 63.6 Å². The number of piperidine rings is 1. The molecular formula is C23H30N2O4. The molecule has 0 aromatic heterocycles. The highest BCUT2D eigenvalue weighted by Crippen LogP contribution is 2.53. The van der Waals surface area contributed by atoms with E-state index in [1.807, 2.05) is 0 Å². The average molecular weight is 399 g/mol. The summed E-state index contributed by atoms with van der Waals surface area (Å²) >= 11 is 0. The Bertz CT molecular complexity index is 840. The molecule has 2 amide bonds. The predicted molar refractivity (Wildman–Crippen MR) is 108 cm³/mol. The van der Waals surface area contributed by atoms with Crippen LogP contribution in [0.15, 0.2) is 18.2 Å². The van der Waals surface area contributed by atoms with Crippen LogP contribution in [0.1, 0.15) is 62.2 Å². The first-order valence-corrected chi connectivity index (χ1v) is 11.0. The Labute approximate surface area is 171 Å². The molecule has 2 heterocycles. The zero-order chi connectivity index (χ0) is 20.2. The van der Waals surface area contributed by atoms with Gasteiger partial charge in [-0.2, -0.15) is 0 Å². The number of methoxy groups -OCH3 is 1. The van der Waals surface area contributed by atoms with Gasteiger partial charge in [0.15, 0.2) is 5.72 Å². The zero-order valence-corrected chi connectivity index (χ0v) is 17.3. The summed E-state index contributed by atoms with van der Waals surface area (Å²) in [6.45, 7) is 3.06. The number of carbonyl (C=O) groups excluding carboxylic acids is 2. The molecule has 6 nitrogen and oxygen atoms in total. The quantitative estimate of drug-likeness (QED) is 0.830. The first-order chi connectivity index (χ1) is 14.0. The lowest BCUT2D eigenvalue weighted by Gasteiger charge is -2.55. The number of ether oxygens (including phenoxy) is 2. The molecule has 3 aliphatic carbocycles. The molecule has 1 N–H and O–H groups in total. The van der Waals surface area contributed by atoms with Gasteiger partial charge in [-0.3, -0.25) is 9.59 Å². The van der Waals surface area contributed by atoms with E-state index < -0.39 is 5.72 Å². The third-order valence-corrected chi connectivity index (χ3v) is 7.67. The average Bonchev–Trinajstić information content (AvgIpc) is 2.73. The summed E-state index contributed by atoms with van der Waals surface area (Å²) in [4.78, 5) is 28.3. The molecule has 0 radical (unpaired) electrons. The molecular weight excluding hydrogens is 368 g/mol. The summed E-state index contributed by atoms with van der Waals surface area (Å²) in [5.74, 6) is 1.99. The van der Waals surface area contributed by atoms with Crippen molar-refractivity contribution in [2.24, 2.45) is 17.8 Å². The second-order valence-corrected chi connectivity index (χ2v) is 9.26. The molecule has 5 atom stereocenters. The first-order valence-electron chi connectivity index (χ1n) is 11.0. The summed E-state index contributed by atoms with van der Waals surface area (Å²) in [6, 6.07) is 5.68. The van der Waals surface area contributed by atoms with Crippen molar-refractivity contribution in [1.82, 2.24) is 10.2 Å². The maximum absolute atomic E-state index is 13.4. The van der Waals surface area contributed by atoms with E-state index >= 15 is 0 Å². The summed E-state index contributed by atoms with van der Waals surface area (Å²) in [7, 11) is 1.61. The Morgan fingerprint density at radius 1 is 1.28 bits per heavy atom. The van der Waals surface area contributed by atoms with E-state index in [2.05, 4.69) is 17.1 Å². The Morgan fingerprint density at radius 2 is 2.14 bits per heavy atom. The van der Waals surface area contributed by atoms with E-state index in [9.17, 15) is 9.59 Å². The van der Waals surface area contributed by atoms with E-state index in [0.717, 1.165) is 38.6 Å². The van der Waals surface area contributed by atoms with E-state index in [0.29, 0.717) is 35.4 Å². The van der Waals surface area contributed by atoms with Crippen LogP contribution in [0, 0.1) is 17.8 Å². The second-order valence-electron chi connectivity index (χ2n) is 9.26. The van der Waals surface area contributed by atoms with Crippen molar-refractivity contribution in [3.8, 4) is 11.5 Å². The van der Waals surface area contributed by atoms with Gasteiger partial charge < -0.3 is 19.7 Å². The molecule has 3 saturated carbocycles. The number of fused-ring (bicyclic) bond motifs is 3. The number of hydrogen-bond acceptors (Lipinski definition) is 4. The molecule has 6 rings (SSSR count). The van der Waals surface area contributed by atoms with Gasteiger partial charge in [0.25, 0.3) is 5.91 Å². The van der Waals surface area contributed by atoms with Crippen LogP contribution in [0.3, 0.4) is 0 Å². The van der Waals surface area contributed by atoms with E-state index in [1.165, 1.54) is 6.42 Å². The van der Waals surface area contributed by atoms with E-state index in [-0.39, 0.29) is 23.7 Å². The molecule has 1 aromatic carbocycles. The summed E-state index contributed by atoms with van der Waals surface area (Å²) in [6.07, 6.45) is 6.96. The molecule has 6 heteroatoms. The zero-order valence-electron chi connectivity index (χ0n) is 17.3. The number of amides is 2. The normalized spacial score (nSPS) is 35.7. The molecule has 5 aliphatic rings.